The van der Waals surface area contributed by atoms with Crippen molar-refractivity contribution in [2.45, 2.75) is 19.1 Å². The lowest BCUT2D eigenvalue weighted by atomic mass is 10.1. The monoisotopic (exact) mass is 306 g/mol. The fourth-order valence-corrected chi connectivity index (χ4v) is 1.74. The molecule has 0 heterocycles. The van der Waals surface area contributed by atoms with Crippen molar-refractivity contribution >= 4 is 18.3 Å². The predicted molar refractivity (Wildman–Crippen MR) is 76.6 cm³/mol. The van der Waals surface area contributed by atoms with Crippen molar-refractivity contribution in [3.05, 3.63) is 29.6 Å². The van der Waals surface area contributed by atoms with Crippen LogP contribution in [-0.2, 0) is 9.53 Å². The molecule has 0 radical (unpaired) electrons. The van der Waals surface area contributed by atoms with Gasteiger partial charge in [0.05, 0.1) is 13.2 Å². The topological polar surface area (TPSA) is 73.6 Å². The smallest absolute Gasteiger partial charge is 0.250 e. The van der Waals surface area contributed by atoms with E-state index in [1.54, 1.807) is 6.92 Å². The minimum absolute atomic E-state index is 0. The molecule has 7 heteroatoms. The maximum absolute atomic E-state index is 13.3. The number of nitrogens with one attached hydrogen (secondary N) is 1. The van der Waals surface area contributed by atoms with Gasteiger partial charge in [-0.2, -0.15) is 0 Å². The van der Waals surface area contributed by atoms with Crippen LogP contribution in [0.15, 0.2) is 18.2 Å². The summed E-state index contributed by atoms with van der Waals surface area (Å²) in [5.74, 6) is -0.223. The number of ether oxygens (including phenoxy) is 2. The van der Waals surface area contributed by atoms with Gasteiger partial charge in [-0.15, -0.1) is 12.4 Å². The number of nitrogens with two attached hydrogens (primary N) is 1. The van der Waals surface area contributed by atoms with Gasteiger partial charge in [-0.05, 0) is 25.1 Å². The second-order valence-electron chi connectivity index (χ2n) is 4.08. The van der Waals surface area contributed by atoms with Crippen LogP contribution in [-0.4, -0.2) is 32.8 Å². The fraction of sp³-hybridized carbons (Fsp3) is 0.462. The van der Waals surface area contributed by atoms with Crippen molar-refractivity contribution in [2.75, 3.05) is 20.8 Å². The van der Waals surface area contributed by atoms with Gasteiger partial charge in [-0.25, -0.2) is 4.39 Å². The molecule has 114 valence electrons. The van der Waals surface area contributed by atoms with Crippen LogP contribution in [0, 0.1) is 5.82 Å². The Morgan fingerprint density at radius 2 is 2.10 bits per heavy atom. The molecule has 3 N–H and O–H groups in total. The molecule has 2 atom stereocenters. The van der Waals surface area contributed by atoms with Gasteiger partial charge in [0.2, 0.25) is 0 Å². The third-order valence-electron chi connectivity index (χ3n) is 2.81. The maximum atomic E-state index is 13.3. The molecule has 0 saturated heterocycles. The molecule has 0 aliphatic heterocycles. The molecule has 0 aliphatic carbocycles. The van der Waals surface area contributed by atoms with Gasteiger partial charge in [-0.3, -0.25) is 4.79 Å². The number of amides is 1. The van der Waals surface area contributed by atoms with Crippen LogP contribution < -0.4 is 15.8 Å². The first-order valence-corrected chi connectivity index (χ1v) is 5.90. The molecular formula is C13H20ClFN2O3. The van der Waals surface area contributed by atoms with Crippen molar-refractivity contribution in [1.82, 2.24) is 5.32 Å². The summed E-state index contributed by atoms with van der Waals surface area (Å²) in [5.41, 5.74) is 5.97. The van der Waals surface area contributed by atoms with E-state index in [-0.39, 0.29) is 30.7 Å². The van der Waals surface area contributed by atoms with Crippen LogP contribution >= 0.6 is 12.4 Å². The highest BCUT2D eigenvalue weighted by Gasteiger charge is 2.20. The first-order chi connectivity index (χ1) is 9.03. The standard InChI is InChI=1S/C13H19FN2O3.ClH/c1-8(16-13(17)12(7-15)19-3)10-6-9(14)4-5-11(10)18-2;/h4-6,8,12H,7,15H2,1-3H3,(H,16,17);1H. The summed E-state index contributed by atoms with van der Waals surface area (Å²) in [6, 6.07) is 3.73. The number of hydrogen-bond donors (Lipinski definition) is 2. The molecule has 1 aromatic rings. The minimum atomic E-state index is -0.720. The zero-order chi connectivity index (χ0) is 14.4. The van der Waals surface area contributed by atoms with Crippen LogP contribution in [0.3, 0.4) is 0 Å². The van der Waals surface area contributed by atoms with Crippen molar-refractivity contribution in [3.8, 4) is 5.75 Å². The Hall–Kier alpha value is -1.37. The molecule has 1 aromatic carbocycles. The van der Waals surface area contributed by atoms with Gasteiger partial charge >= 0.3 is 0 Å². The molecule has 2 unspecified atom stereocenters. The number of benzene rings is 1. The largest absolute Gasteiger partial charge is 0.496 e. The van der Waals surface area contributed by atoms with E-state index in [1.165, 1.54) is 32.4 Å². The number of carbonyl (C=O) groups is 1. The average Bonchev–Trinajstić information content (AvgIpc) is 2.40. The number of carbonyl (C=O) groups excluding carboxylic acids is 1. The SMILES string of the molecule is COc1ccc(F)cc1C(C)NC(=O)C(CN)OC.Cl. The first-order valence-electron chi connectivity index (χ1n) is 5.90. The number of methoxy groups -OCH3 is 2. The lowest BCUT2D eigenvalue weighted by Crippen LogP contribution is -2.41. The van der Waals surface area contributed by atoms with Crippen molar-refractivity contribution < 1.29 is 18.7 Å². The normalized spacial score (nSPS) is 13.1. The average molecular weight is 307 g/mol. The highest BCUT2D eigenvalue weighted by molar-refractivity contribution is 5.85. The molecule has 1 rings (SSSR count). The number of rotatable bonds is 6. The Bertz CT molecular complexity index is 442. The van der Waals surface area contributed by atoms with Crippen molar-refractivity contribution in [1.29, 1.82) is 0 Å². The van der Waals surface area contributed by atoms with E-state index in [0.29, 0.717) is 11.3 Å². The summed E-state index contributed by atoms with van der Waals surface area (Å²) in [5, 5.41) is 2.71. The van der Waals surface area contributed by atoms with Gasteiger partial charge in [-0.1, -0.05) is 0 Å². The highest BCUT2D eigenvalue weighted by atomic mass is 35.5. The second kappa shape index (κ2) is 8.73. The molecule has 0 bridgehead atoms. The quantitative estimate of drug-likeness (QED) is 0.833. The molecular weight excluding hydrogens is 287 g/mol. The maximum Gasteiger partial charge on any atom is 0.250 e. The summed E-state index contributed by atoms with van der Waals surface area (Å²) < 4.78 is 23.3. The number of halogens is 2. The molecule has 0 aromatic heterocycles. The van der Waals surface area contributed by atoms with Gasteiger partial charge in [0.25, 0.3) is 5.91 Å². The summed E-state index contributed by atoms with van der Waals surface area (Å²) in [6.07, 6.45) is -0.720. The minimum Gasteiger partial charge on any atom is -0.496 e. The molecule has 20 heavy (non-hydrogen) atoms. The first kappa shape index (κ1) is 18.6. The summed E-state index contributed by atoms with van der Waals surface area (Å²) in [4.78, 5) is 11.8. The molecule has 5 nitrogen and oxygen atoms in total. The highest BCUT2D eigenvalue weighted by Crippen LogP contribution is 2.25. The summed E-state index contributed by atoms with van der Waals surface area (Å²) in [6.45, 7) is 1.81. The van der Waals surface area contributed by atoms with E-state index >= 15 is 0 Å². The molecule has 0 spiro atoms. The lowest BCUT2D eigenvalue weighted by molar-refractivity contribution is -0.131. The number of hydrogen-bond acceptors (Lipinski definition) is 4. The second-order valence-corrected chi connectivity index (χ2v) is 4.08. The Morgan fingerprint density at radius 3 is 2.60 bits per heavy atom. The third kappa shape index (κ3) is 4.63. The zero-order valence-corrected chi connectivity index (χ0v) is 12.5. The third-order valence-corrected chi connectivity index (χ3v) is 2.81. The fourth-order valence-electron chi connectivity index (χ4n) is 1.74. The molecule has 0 aliphatic rings. The predicted octanol–water partition coefficient (Wildman–Crippen LogP) is 1.41. The van der Waals surface area contributed by atoms with E-state index < -0.39 is 12.1 Å². The van der Waals surface area contributed by atoms with Gasteiger partial charge < -0.3 is 20.5 Å². The Kier molecular flexibility index (Phi) is 8.13. The molecule has 0 fully saturated rings. The van der Waals surface area contributed by atoms with E-state index in [9.17, 15) is 9.18 Å². The molecule has 1 amide bonds. The van der Waals surface area contributed by atoms with Crippen molar-refractivity contribution in [2.24, 2.45) is 5.73 Å². The zero-order valence-electron chi connectivity index (χ0n) is 11.7. The van der Waals surface area contributed by atoms with Crippen LogP contribution in [0.5, 0.6) is 5.75 Å². The Labute approximate surface area is 124 Å². The van der Waals surface area contributed by atoms with Gasteiger partial charge in [0.15, 0.2) is 0 Å². The summed E-state index contributed by atoms with van der Waals surface area (Å²) >= 11 is 0. The van der Waals surface area contributed by atoms with Gasteiger partial charge in [0, 0.05) is 19.2 Å². The van der Waals surface area contributed by atoms with Crippen LogP contribution in [0.25, 0.3) is 0 Å². The van der Waals surface area contributed by atoms with Crippen LogP contribution in [0.2, 0.25) is 0 Å². The summed E-state index contributed by atoms with van der Waals surface area (Å²) in [7, 11) is 2.90. The van der Waals surface area contributed by atoms with E-state index in [4.69, 9.17) is 15.2 Å². The van der Waals surface area contributed by atoms with Crippen LogP contribution in [0.1, 0.15) is 18.5 Å². The van der Waals surface area contributed by atoms with E-state index in [1.807, 2.05) is 0 Å². The Morgan fingerprint density at radius 1 is 1.45 bits per heavy atom. The van der Waals surface area contributed by atoms with E-state index in [2.05, 4.69) is 5.32 Å². The van der Waals surface area contributed by atoms with Gasteiger partial charge in [0.1, 0.15) is 17.7 Å². The molecule has 0 saturated carbocycles. The van der Waals surface area contributed by atoms with E-state index in [0.717, 1.165) is 0 Å². The lowest BCUT2D eigenvalue weighted by Gasteiger charge is -2.20. The Balaban J connectivity index is 0.00000361. The van der Waals surface area contributed by atoms with Crippen molar-refractivity contribution in [3.63, 3.8) is 0 Å². The van der Waals surface area contributed by atoms with Crippen LogP contribution in [0.4, 0.5) is 4.39 Å².